The van der Waals surface area contributed by atoms with Gasteiger partial charge in [0.05, 0.1) is 23.2 Å². The van der Waals surface area contributed by atoms with Crippen LogP contribution in [0.25, 0.3) is 11.3 Å². The summed E-state index contributed by atoms with van der Waals surface area (Å²) in [6.45, 7) is 2.98. The first-order chi connectivity index (χ1) is 13.5. The Balaban J connectivity index is 1.44. The monoisotopic (exact) mass is 397 g/mol. The van der Waals surface area contributed by atoms with Crippen LogP contribution in [0.2, 0.25) is 5.02 Å². The van der Waals surface area contributed by atoms with Gasteiger partial charge in [0.1, 0.15) is 11.6 Å². The first-order valence-corrected chi connectivity index (χ1v) is 9.77. The molecule has 1 N–H and O–H groups in total. The number of carbonyl (C=O) groups excluding carboxylic acids is 1. The van der Waals surface area contributed by atoms with E-state index in [-0.39, 0.29) is 23.4 Å². The second-order valence-corrected chi connectivity index (χ2v) is 7.59. The molecule has 0 fully saturated rings. The van der Waals surface area contributed by atoms with Crippen LogP contribution < -0.4 is 5.32 Å². The minimum Gasteiger partial charge on any atom is -0.349 e. The highest BCUT2D eigenvalue weighted by Gasteiger charge is 2.16. The van der Waals surface area contributed by atoms with Crippen molar-refractivity contribution in [3.05, 3.63) is 76.5 Å². The Morgan fingerprint density at radius 2 is 2.18 bits per heavy atom. The van der Waals surface area contributed by atoms with Crippen molar-refractivity contribution in [1.82, 2.24) is 14.9 Å². The molecular formula is C22H21ClFN3O. The zero-order valence-corrected chi connectivity index (χ0v) is 16.3. The minimum absolute atomic E-state index is 0.0259. The fourth-order valence-corrected chi connectivity index (χ4v) is 3.78. The topological polar surface area (TPSA) is 46.9 Å². The quantitative estimate of drug-likeness (QED) is 0.677. The van der Waals surface area contributed by atoms with E-state index < -0.39 is 5.82 Å². The number of rotatable bonds is 5. The molecule has 1 aliphatic rings. The highest BCUT2D eigenvalue weighted by atomic mass is 35.5. The Hall–Kier alpha value is -2.66. The zero-order valence-electron chi connectivity index (χ0n) is 15.6. The Labute approximate surface area is 168 Å². The number of benzene rings is 2. The molecular weight excluding hydrogens is 377 g/mol. The first kappa shape index (κ1) is 18.7. The van der Waals surface area contributed by atoms with E-state index in [1.807, 2.05) is 25.1 Å². The summed E-state index contributed by atoms with van der Waals surface area (Å²) in [5.74, 6) is 0.516. The lowest BCUT2D eigenvalue weighted by atomic mass is 10.0. The van der Waals surface area contributed by atoms with Crippen molar-refractivity contribution < 1.29 is 9.18 Å². The van der Waals surface area contributed by atoms with Crippen molar-refractivity contribution >= 4 is 17.5 Å². The van der Waals surface area contributed by atoms with Gasteiger partial charge in [-0.15, -0.1) is 0 Å². The Morgan fingerprint density at radius 1 is 1.32 bits per heavy atom. The van der Waals surface area contributed by atoms with Crippen molar-refractivity contribution in [3.63, 3.8) is 0 Å². The van der Waals surface area contributed by atoms with Crippen LogP contribution >= 0.6 is 11.6 Å². The van der Waals surface area contributed by atoms with Gasteiger partial charge in [0, 0.05) is 24.7 Å². The molecule has 1 aliphatic heterocycles. The highest BCUT2D eigenvalue weighted by Crippen LogP contribution is 2.25. The van der Waals surface area contributed by atoms with Gasteiger partial charge in [0.25, 0.3) is 0 Å². The molecule has 4 nitrogen and oxygen atoms in total. The summed E-state index contributed by atoms with van der Waals surface area (Å²) in [7, 11) is 0. The zero-order chi connectivity index (χ0) is 19.7. The Morgan fingerprint density at radius 3 is 2.96 bits per heavy atom. The number of nitrogens with one attached hydrogen (secondary N) is 1. The van der Waals surface area contributed by atoms with Gasteiger partial charge in [0.15, 0.2) is 0 Å². The van der Waals surface area contributed by atoms with Gasteiger partial charge in [-0.05, 0) is 42.7 Å². The number of nitrogens with zero attached hydrogens (tertiary/aromatic N) is 2. The molecule has 6 heteroatoms. The number of imidazole rings is 1. The van der Waals surface area contributed by atoms with E-state index in [2.05, 4.69) is 22.1 Å². The molecule has 0 aliphatic carbocycles. The third-order valence-electron chi connectivity index (χ3n) is 5.07. The molecule has 0 saturated carbocycles. The van der Waals surface area contributed by atoms with Crippen molar-refractivity contribution in [2.45, 2.75) is 38.8 Å². The molecule has 1 aromatic heterocycles. The maximum absolute atomic E-state index is 13.3. The summed E-state index contributed by atoms with van der Waals surface area (Å²) >= 11 is 5.79. The van der Waals surface area contributed by atoms with E-state index in [4.69, 9.17) is 16.6 Å². The molecule has 28 heavy (non-hydrogen) atoms. The SMILES string of the molecule is CC(NC(=O)Cc1ccc(F)c(Cl)c1)c1cccc(-c2cn3c(n2)CCC3)c1. The predicted molar refractivity (Wildman–Crippen MR) is 108 cm³/mol. The lowest BCUT2D eigenvalue weighted by molar-refractivity contribution is -0.121. The van der Waals surface area contributed by atoms with Gasteiger partial charge in [-0.2, -0.15) is 0 Å². The molecule has 1 atom stereocenters. The van der Waals surface area contributed by atoms with Crippen molar-refractivity contribution in [2.75, 3.05) is 0 Å². The average molecular weight is 398 g/mol. The first-order valence-electron chi connectivity index (χ1n) is 9.39. The summed E-state index contributed by atoms with van der Waals surface area (Å²) in [6, 6.07) is 12.3. The lowest BCUT2D eigenvalue weighted by Gasteiger charge is -2.15. The third kappa shape index (κ3) is 3.94. The van der Waals surface area contributed by atoms with Crippen LogP contribution in [0.3, 0.4) is 0 Å². The van der Waals surface area contributed by atoms with Crippen LogP contribution in [0, 0.1) is 5.82 Å². The van der Waals surface area contributed by atoms with E-state index in [9.17, 15) is 9.18 Å². The molecule has 4 rings (SSSR count). The fourth-order valence-electron chi connectivity index (χ4n) is 3.57. The second kappa shape index (κ2) is 7.76. The number of aromatic nitrogens is 2. The Kier molecular flexibility index (Phi) is 5.18. The van der Waals surface area contributed by atoms with E-state index in [0.717, 1.165) is 42.0 Å². The van der Waals surface area contributed by atoms with Crippen molar-refractivity contribution in [2.24, 2.45) is 0 Å². The Bertz CT molecular complexity index is 1010. The second-order valence-electron chi connectivity index (χ2n) is 7.18. The number of carbonyl (C=O) groups is 1. The maximum Gasteiger partial charge on any atom is 0.224 e. The van der Waals surface area contributed by atoms with Gasteiger partial charge in [-0.1, -0.05) is 35.9 Å². The minimum atomic E-state index is -0.485. The van der Waals surface area contributed by atoms with E-state index in [0.29, 0.717) is 5.56 Å². The van der Waals surface area contributed by atoms with Crippen LogP contribution in [0.5, 0.6) is 0 Å². The van der Waals surface area contributed by atoms with Crippen LogP contribution in [-0.2, 0) is 24.2 Å². The predicted octanol–water partition coefficient (Wildman–Crippen LogP) is 4.71. The molecule has 1 unspecified atom stereocenters. The summed E-state index contributed by atoms with van der Waals surface area (Å²) in [5.41, 5.74) is 3.70. The number of halogens is 2. The van der Waals surface area contributed by atoms with E-state index in [1.54, 1.807) is 6.07 Å². The smallest absolute Gasteiger partial charge is 0.224 e. The number of hydrogen-bond acceptors (Lipinski definition) is 2. The van der Waals surface area contributed by atoms with E-state index in [1.165, 1.54) is 12.1 Å². The van der Waals surface area contributed by atoms with Crippen LogP contribution in [0.15, 0.2) is 48.7 Å². The van der Waals surface area contributed by atoms with Crippen LogP contribution in [0.4, 0.5) is 4.39 Å². The number of aryl methyl sites for hydroxylation is 2. The normalized spacial score (nSPS) is 14.0. The summed E-state index contributed by atoms with van der Waals surface area (Å²) in [4.78, 5) is 17.1. The van der Waals surface area contributed by atoms with Crippen LogP contribution in [0.1, 0.15) is 36.3 Å². The van der Waals surface area contributed by atoms with Gasteiger partial charge >= 0.3 is 0 Å². The maximum atomic E-state index is 13.3. The summed E-state index contributed by atoms with van der Waals surface area (Å²) in [5, 5.41) is 3.02. The van der Waals surface area contributed by atoms with Gasteiger partial charge in [-0.25, -0.2) is 9.37 Å². The summed E-state index contributed by atoms with van der Waals surface area (Å²) < 4.78 is 15.5. The molecule has 0 saturated heterocycles. The molecule has 144 valence electrons. The van der Waals surface area contributed by atoms with Gasteiger partial charge in [-0.3, -0.25) is 4.79 Å². The van der Waals surface area contributed by atoms with Gasteiger partial charge in [0.2, 0.25) is 5.91 Å². The molecule has 0 radical (unpaired) electrons. The van der Waals surface area contributed by atoms with Crippen molar-refractivity contribution in [1.29, 1.82) is 0 Å². The standard InChI is InChI=1S/C22H21ClFN3O/c1-14(25-22(28)11-15-7-8-19(24)18(23)10-15)16-4-2-5-17(12-16)20-13-27-9-3-6-21(27)26-20/h2,4-5,7-8,10,12-14H,3,6,9,11H2,1H3,(H,25,28). The number of fused-ring (bicyclic) bond motifs is 1. The number of hydrogen-bond donors (Lipinski definition) is 1. The molecule has 2 aromatic carbocycles. The summed E-state index contributed by atoms with van der Waals surface area (Å²) in [6.07, 6.45) is 4.44. The molecule has 0 bridgehead atoms. The molecule has 1 amide bonds. The van der Waals surface area contributed by atoms with Crippen LogP contribution in [-0.4, -0.2) is 15.5 Å². The fraction of sp³-hybridized carbons (Fsp3) is 0.273. The highest BCUT2D eigenvalue weighted by molar-refractivity contribution is 6.30. The third-order valence-corrected chi connectivity index (χ3v) is 5.36. The van der Waals surface area contributed by atoms with E-state index >= 15 is 0 Å². The lowest BCUT2D eigenvalue weighted by Crippen LogP contribution is -2.28. The van der Waals surface area contributed by atoms with Gasteiger partial charge < -0.3 is 9.88 Å². The molecule has 3 aromatic rings. The molecule has 2 heterocycles. The average Bonchev–Trinajstić information content (AvgIpc) is 3.27. The number of amides is 1. The molecule has 0 spiro atoms. The van der Waals surface area contributed by atoms with Crippen molar-refractivity contribution in [3.8, 4) is 11.3 Å². The largest absolute Gasteiger partial charge is 0.349 e.